The largest absolute Gasteiger partial charge is 0.508 e. The third kappa shape index (κ3) is 5.19. The molecule has 0 aromatic heterocycles. The molecule has 0 amide bonds. The van der Waals surface area contributed by atoms with E-state index in [9.17, 15) is 10.2 Å². The first-order chi connectivity index (χ1) is 18.6. The molecule has 0 radical (unpaired) electrons. The molecule has 3 saturated carbocycles. The van der Waals surface area contributed by atoms with Crippen LogP contribution in [-0.4, -0.2) is 30.7 Å². The van der Waals surface area contributed by atoms with Gasteiger partial charge in [-0.15, -0.1) is 0 Å². The molecule has 2 N–H and O–H groups in total. The number of allylic oxidation sites excluding steroid dienone is 11. The van der Waals surface area contributed by atoms with Crippen LogP contribution in [-0.2, 0) is 4.74 Å². The topological polar surface area (TPSA) is 49.7 Å². The summed E-state index contributed by atoms with van der Waals surface area (Å²) in [6, 6.07) is 0. The lowest BCUT2D eigenvalue weighted by Crippen LogP contribution is -2.28. The zero-order valence-corrected chi connectivity index (χ0v) is 26.6. The maximum absolute atomic E-state index is 16.1. The van der Waals surface area contributed by atoms with E-state index in [1.165, 1.54) is 18.2 Å². The number of hydrogen-bond donors (Lipinski definition) is 4. The van der Waals surface area contributed by atoms with E-state index >= 15 is 8.78 Å². The predicted molar refractivity (Wildman–Crippen MR) is 170 cm³/mol. The highest BCUT2D eigenvalue weighted by molar-refractivity contribution is 14.1. The highest BCUT2D eigenvalue weighted by atomic mass is 127. The molecule has 0 heterocycles. The van der Waals surface area contributed by atoms with Gasteiger partial charge in [0, 0.05) is 30.7 Å². The van der Waals surface area contributed by atoms with Crippen LogP contribution in [0, 0.1) is 34.0 Å². The number of alkyl halides is 3. The monoisotopic (exact) mass is 696 g/mol. The highest BCUT2D eigenvalue weighted by Gasteiger charge is 2.54. The van der Waals surface area contributed by atoms with Crippen LogP contribution in [0.3, 0.4) is 0 Å². The first-order valence-electron chi connectivity index (χ1n) is 13.8. The average molecular weight is 697 g/mol. The molecule has 0 aromatic carbocycles. The van der Waals surface area contributed by atoms with E-state index in [4.69, 9.17) is 17.4 Å². The van der Waals surface area contributed by atoms with Crippen molar-refractivity contribution in [2.24, 2.45) is 34.0 Å². The molecular formula is C32H35F2IO3S2. The number of hydrogen-bond acceptors (Lipinski definition) is 5. The molecule has 6 rings (SSSR count). The van der Waals surface area contributed by atoms with E-state index in [0.717, 1.165) is 24.8 Å². The minimum absolute atomic E-state index is 0.0244. The molecule has 6 aliphatic rings. The Morgan fingerprint density at radius 1 is 0.825 bits per heavy atom. The van der Waals surface area contributed by atoms with E-state index in [1.54, 1.807) is 30.4 Å². The molecule has 0 spiro atoms. The molecule has 6 aliphatic carbocycles. The van der Waals surface area contributed by atoms with Gasteiger partial charge >= 0.3 is 6.11 Å². The van der Waals surface area contributed by atoms with Gasteiger partial charge in [-0.2, -0.15) is 34.0 Å². The molecule has 9 unspecified atom stereocenters. The Balaban J connectivity index is 1.40. The number of halogens is 3. The normalized spacial score (nSPS) is 43.9. The van der Waals surface area contributed by atoms with E-state index in [1.807, 2.05) is 19.9 Å². The number of ether oxygens (including phenoxy) is 1. The minimum atomic E-state index is -3.64. The third-order valence-electron chi connectivity index (χ3n) is 9.51. The van der Waals surface area contributed by atoms with Gasteiger partial charge in [0.05, 0.1) is 5.57 Å². The highest BCUT2D eigenvalue weighted by Crippen LogP contribution is 2.60. The number of thiol groups is 2. The minimum Gasteiger partial charge on any atom is -0.508 e. The van der Waals surface area contributed by atoms with Crippen LogP contribution in [0.15, 0.2) is 94.8 Å². The average Bonchev–Trinajstić information content (AvgIpc) is 3.71. The smallest absolute Gasteiger partial charge is 0.426 e. The second-order valence-corrected chi connectivity index (χ2v) is 15.8. The van der Waals surface area contributed by atoms with Gasteiger partial charge in [0.15, 0.2) is 0 Å². The second kappa shape index (κ2) is 9.56. The van der Waals surface area contributed by atoms with Gasteiger partial charge in [0.2, 0.25) is 0 Å². The van der Waals surface area contributed by atoms with Crippen molar-refractivity contribution in [3.63, 3.8) is 0 Å². The first kappa shape index (κ1) is 28.7. The summed E-state index contributed by atoms with van der Waals surface area (Å²) >= 11 is 11.8. The van der Waals surface area contributed by atoms with Crippen molar-refractivity contribution in [1.29, 1.82) is 0 Å². The van der Waals surface area contributed by atoms with Crippen molar-refractivity contribution in [2.45, 2.75) is 60.6 Å². The van der Waals surface area contributed by atoms with Gasteiger partial charge in [-0.1, -0.05) is 61.6 Å². The molecule has 8 heteroatoms. The van der Waals surface area contributed by atoms with Crippen molar-refractivity contribution in [1.82, 2.24) is 0 Å². The van der Waals surface area contributed by atoms with Crippen LogP contribution in [0.1, 0.15) is 40.0 Å². The lowest BCUT2D eigenvalue weighted by molar-refractivity contribution is -0.177. The van der Waals surface area contributed by atoms with E-state index in [2.05, 4.69) is 48.2 Å². The summed E-state index contributed by atoms with van der Waals surface area (Å²) in [5.41, 5.74) is -0.408. The Morgan fingerprint density at radius 3 is 2.02 bits per heavy atom. The molecule has 40 heavy (non-hydrogen) atoms. The van der Waals surface area contributed by atoms with Crippen LogP contribution >= 0.6 is 47.8 Å². The summed E-state index contributed by atoms with van der Waals surface area (Å²) < 4.78 is 38.1. The van der Waals surface area contributed by atoms with E-state index in [0.29, 0.717) is 9.50 Å². The lowest BCUT2D eigenvalue weighted by atomic mass is 9.70. The molecule has 3 fully saturated rings. The summed E-state index contributed by atoms with van der Waals surface area (Å²) in [6.07, 6.45) is 15.8. The van der Waals surface area contributed by atoms with Crippen molar-refractivity contribution >= 4 is 47.8 Å². The van der Waals surface area contributed by atoms with Crippen molar-refractivity contribution < 1.29 is 23.7 Å². The van der Waals surface area contributed by atoms with Gasteiger partial charge < -0.3 is 14.9 Å². The Bertz CT molecular complexity index is 1390. The summed E-state index contributed by atoms with van der Waals surface area (Å²) in [5.74, 6) is 0.756. The molecule has 0 aliphatic heterocycles. The van der Waals surface area contributed by atoms with Gasteiger partial charge in [-0.25, -0.2) is 0 Å². The summed E-state index contributed by atoms with van der Waals surface area (Å²) in [4.78, 5) is 0. The molecule has 214 valence electrons. The fraction of sp³-hybridized carbons (Fsp3) is 0.500. The Kier molecular flexibility index (Phi) is 6.86. The SMILES string of the molecule is CC1(C2CC2S)C=C(O)C=C2C=CC(C(F)(F)OC3=CC(C)(C4CC4I)C=C(O)C=C3)=CC(C)(C3CC3S)C2=C1. The van der Waals surface area contributed by atoms with Crippen LogP contribution in [0.2, 0.25) is 0 Å². The number of rotatable bonds is 6. The number of aliphatic hydroxyl groups excluding tert-OH is 2. The first-order valence-corrected chi connectivity index (χ1v) is 16.1. The van der Waals surface area contributed by atoms with Crippen LogP contribution < -0.4 is 0 Å². The third-order valence-corrected chi connectivity index (χ3v) is 12.0. The van der Waals surface area contributed by atoms with E-state index in [-0.39, 0.29) is 51.1 Å². The lowest BCUT2D eigenvalue weighted by Gasteiger charge is -2.34. The Morgan fingerprint density at radius 2 is 1.43 bits per heavy atom. The summed E-state index contributed by atoms with van der Waals surface area (Å²) in [5, 5.41) is 21.5. The second-order valence-electron chi connectivity index (χ2n) is 12.9. The Labute approximate surface area is 259 Å². The Hall–Kier alpha value is -1.39. The van der Waals surface area contributed by atoms with Gasteiger partial charge in [-0.3, -0.25) is 0 Å². The van der Waals surface area contributed by atoms with Crippen LogP contribution in [0.25, 0.3) is 0 Å². The number of aliphatic hydroxyl groups is 2. The maximum Gasteiger partial charge on any atom is 0.426 e. The summed E-state index contributed by atoms with van der Waals surface area (Å²) in [6.45, 7) is 6.03. The van der Waals surface area contributed by atoms with Crippen molar-refractivity contribution in [3.05, 3.63) is 94.8 Å². The molecule has 3 nitrogen and oxygen atoms in total. The number of fused-ring (bicyclic) bond motifs is 1. The van der Waals surface area contributed by atoms with E-state index < -0.39 is 22.4 Å². The van der Waals surface area contributed by atoms with Crippen molar-refractivity contribution in [3.8, 4) is 0 Å². The molecule has 0 bridgehead atoms. The fourth-order valence-corrected chi connectivity index (χ4v) is 9.27. The van der Waals surface area contributed by atoms with Gasteiger partial charge in [0.25, 0.3) is 0 Å². The van der Waals surface area contributed by atoms with Crippen LogP contribution in [0.4, 0.5) is 8.78 Å². The predicted octanol–water partition coefficient (Wildman–Crippen LogP) is 8.77. The fourth-order valence-electron chi connectivity index (χ4n) is 6.87. The van der Waals surface area contributed by atoms with Crippen LogP contribution in [0.5, 0.6) is 0 Å². The van der Waals surface area contributed by atoms with Gasteiger partial charge in [0.1, 0.15) is 17.3 Å². The zero-order chi connectivity index (χ0) is 28.8. The standard InChI is InChI=1S/C32H35F2IO3S2/c1-29(22-9-26(22)35)13-19(36)6-7-21(15-29)38-32(33,34)18-5-4-17-8-20(37)14-30(2,23-10-27(23)39)16-25(17)31(3,12-18)24-11-28(24)40/h4-8,12-16,22-24,26-28,36-37,39-40H,9-11H2,1-3H3. The maximum atomic E-state index is 16.1. The summed E-state index contributed by atoms with van der Waals surface area (Å²) in [7, 11) is 0. The molecule has 0 aromatic rings. The molecule has 0 saturated heterocycles. The molecule has 9 atom stereocenters. The quantitative estimate of drug-likeness (QED) is 0.128. The zero-order valence-electron chi connectivity index (χ0n) is 22.7. The molecular weight excluding hydrogens is 661 g/mol. The van der Waals surface area contributed by atoms with Crippen molar-refractivity contribution in [2.75, 3.05) is 0 Å². The van der Waals surface area contributed by atoms with Gasteiger partial charge in [-0.05, 0) is 90.7 Å².